The van der Waals surface area contributed by atoms with Crippen molar-refractivity contribution in [2.45, 2.75) is 19.4 Å². The minimum Gasteiger partial charge on any atom is -0.311 e. The molecule has 0 aliphatic heterocycles. The molecule has 2 aromatic rings. The number of hydrogen-bond donors (Lipinski definition) is 1. The Kier molecular flexibility index (Phi) is 3.73. The van der Waals surface area contributed by atoms with E-state index >= 15 is 0 Å². The van der Waals surface area contributed by atoms with Crippen molar-refractivity contribution in [3.63, 3.8) is 0 Å². The summed E-state index contributed by atoms with van der Waals surface area (Å²) in [5.74, 6) is 0.859. The first-order valence-electron chi connectivity index (χ1n) is 6.30. The van der Waals surface area contributed by atoms with Crippen molar-refractivity contribution in [1.82, 2.24) is 20.3 Å². The first-order chi connectivity index (χ1) is 9.24. The van der Waals surface area contributed by atoms with Crippen LogP contribution in [0.5, 0.6) is 0 Å². The van der Waals surface area contributed by atoms with E-state index in [0.29, 0.717) is 10.0 Å². The van der Waals surface area contributed by atoms with E-state index in [1.54, 1.807) is 10.7 Å². The SMILES string of the molecule is Clc1cccc(-n2cc(CNCC3CC3)nn2)c1Cl. The maximum absolute atomic E-state index is 6.15. The van der Waals surface area contributed by atoms with Crippen molar-refractivity contribution in [1.29, 1.82) is 0 Å². The van der Waals surface area contributed by atoms with Crippen LogP contribution in [0.15, 0.2) is 24.4 Å². The predicted octanol–water partition coefficient (Wildman–Crippen LogP) is 3.07. The van der Waals surface area contributed by atoms with Gasteiger partial charge in [-0.15, -0.1) is 5.10 Å². The Hall–Kier alpha value is -1.10. The fourth-order valence-corrected chi connectivity index (χ4v) is 2.27. The molecule has 0 amide bonds. The van der Waals surface area contributed by atoms with Gasteiger partial charge in [-0.3, -0.25) is 0 Å². The highest BCUT2D eigenvalue weighted by Crippen LogP contribution is 2.28. The van der Waals surface area contributed by atoms with E-state index in [4.69, 9.17) is 23.2 Å². The highest BCUT2D eigenvalue weighted by molar-refractivity contribution is 6.43. The molecule has 0 unspecified atom stereocenters. The van der Waals surface area contributed by atoms with Gasteiger partial charge in [-0.2, -0.15) is 0 Å². The van der Waals surface area contributed by atoms with Crippen LogP contribution in [0.3, 0.4) is 0 Å². The third kappa shape index (κ3) is 3.08. The topological polar surface area (TPSA) is 42.7 Å². The number of aromatic nitrogens is 3. The first kappa shape index (κ1) is 12.9. The second-order valence-corrected chi connectivity index (χ2v) is 5.59. The molecule has 1 fully saturated rings. The van der Waals surface area contributed by atoms with E-state index in [-0.39, 0.29) is 0 Å². The van der Waals surface area contributed by atoms with Gasteiger partial charge in [-0.25, -0.2) is 4.68 Å². The van der Waals surface area contributed by atoms with Crippen LogP contribution >= 0.6 is 23.2 Å². The number of halogens is 2. The Bertz CT molecular complexity index is 578. The minimum absolute atomic E-state index is 0.492. The molecule has 1 aliphatic rings. The lowest BCUT2D eigenvalue weighted by molar-refractivity contribution is 0.628. The van der Waals surface area contributed by atoms with Crippen LogP contribution in [-0.2, 0) is 6.54 Å². The second kappa shape index (κ2) is 5.49. The Labute approximate surface area is 121 Å². The standard InChI is InChI=1S/C13H14Cl2N4/c14-11-2-1-3-12(13(11)15)19-8-10(17-18-19)7-16-6-9-4-5-9/h1-3,8-9,16H,4-7H2. The fraction of sp³-hybridized carbons (Fsp3) is 0.385. The van der Waals surface area contributed by atoms with Crippen LogP contribution in [0.2, 0.25) is 10.0 Å². The number of nitrogens with one attached hydrogen (secondary N) is 1. The van der Waals surface area contributed by atoms with Crippen LogP contribution in [0.1, 0.15) is 18.5 Å². The quantitative estimate of drug-likeness (QED) is 0.922. The van der Waals surface area contributed by atoms with Crippen LogP contribution in [0.4, 0.5) is 0 Å². The Balaban J connectivity index is 1.70. The number of rotatable bonds is 5. The van der Waals surface area contributed by atoms with Gasteiger partial charge in [0.15, 0.2) is 0 Å². The smallest absolute Gasteiger partial charge is 0.0969 e. The molecule has 3 rings (SSSR count). The van der Waals surface area contributed by atoms with E-state index in [9.17, 15) is 0 Å². The molecule has 1 saturated carbocycles. The monoisotopic (exact) mass is 296 g/mol. The summed E-state index contributed by atoms with van der Waals surface area (Å²) in [6.45, 7) is 1.79. The van der Waals surface area contributed by atoms with Gasteiger partial charge in [-0.1, -0.05) is 34.5 Å². The number of nitrogens with zero attached hydrogens (tertiary/aromatic N) is 3. The molecule has 19 heavy (non-hydrogen) atoms. The van der Waals surface area contributed by atoms with Gasteiger partial charge in [-0.05, 0) is 37.4 Å². The van der Waals surface area contributed by atoms with E-state index < -0.39 is 0 Å². The fourth-order valence-electron chi connectivity index (χ4n) is 1.89. The van der Waals surface area contributed by atoms with Crippen LogP contribution in [0, 0.1) is 5.92 Å². The molecule has 0 saturated heterocycles. The van der Waals surface area contributed by atoms with Gasteiger partial charge in [0.2, 0.25) is 0 Å². The highest BCUT2D eigenvalue weighted by Gasteiger charge is 2.20. The molecule has 4 nitrogen and oxygen atoms in total. The molecule has 0 radical (unpaired) electrons. The summed E-state index contributed by atoms with van der Waals surface area (Å²) in [6, 6.07) is 5.46. The highest BCUT2D eigenvalue weighted by atomic mass is 35.5. The average molecular weight is 297 g/mol. The zero-order valence-corrected chi connectivity index (χ0v) is 11.8. The molecule has 1 N–H and O–H groups in total. The Morgan fingerprint density at radius 1 is 1.32 bits per heavy atom. The normalized spacial score (nSPS) is 14.8. The molecule has 0 bridgehead atoms. The third-order valence-corrected chi connectivity index (χ3v) is 3.96. The summed E-state index contributed by atoms with van der Waals surface area (Å²) in [5, 5.41) is 12.6. The Morgan fingerprint density at radius 3 is 2.95 bits per heavy atom. The molecule has 1 aliphatic carbocycles. The predicted molar refractivity (Wildman–Crippen MR) is 75.8 cm³/mol. The zero-order chi connectivity index (χ0) is 13.2. The second-order valence-electron chi connectivity index (χ2n) is 4.80. The van der Waals surface area contributed by atoms with Crippen molar-refractivity contribution < 1.29 is 0 Å². The van der Waals surface area contributed by atoms with Crippen LogP contribution in [0.25, 0.3) is 5.69 Å². The van der Waals surface area contributed by atoms with E-state index in [1.165, 1.54) is 12.8 Å². The lowest BCUT2D eigenvalue weighted by Crippen LogP contribution is -2.16. The van der Waals surface area contributed by atoms with Crippen molar-refractivity contribution in [2.24, 2.45) is 5.92 Å². The van der Waals surface area contributed by atoms with Gasteiger partial charge >= 0.3 is 0 Å². The molecule has 0 spiro atoms. The van der Waals surface area contributed by atoms with Gasteiger partial charge < -0.3 is 5.32 Å². The number of hydrogen-bond acceptors (Lipinski definition) is 3. The summed E-state index contributed by atoms with van der Waals surface area (Å²) in [5.41, 5.74) is 1.65. The maximum Gasteiger partial charge on any atom is 0.0969 e. The van der Waals surface area contributed by atoms with Crippen molar-refractivity contribution in [3.8, 4) is 5.69 Å². The van der Waals surface area contributed by atoms with Gasteiger partial charge in [0.1, 0.15) is 0 Å². The summed E-state index contributed by atoms with van der Waals surface area (Å²) < 4.78 is 1.66. The molecular formula is C13H14Cl2N4. The summed E-state index contributed by atoms with van der Waals surface area (Å²) in [6.07, 6.45) is 4.56. The molecule has 0 atom stereocenters. The summed E-state index contributed by atoms with van der Waals surface area (Å²) >= 11 is 12.1. The molecule has 6 heteroatoms. The Morgan fingerprint density at radius 2 is 2.16 bits per heavy atom. The maximum atomic E-state index is 6.15. The van der Waals surface area contributed by atoms with Gasteiger partial charge in [0.05, 0.1) is 27.6 Å². The summed E-state index contributed by atoms with van der Waals surface area (Å²) in [4.78, 5) is 0. The van der Waals surface area contributed by atoms with E-state index in [1.807, 2.05) is 18.3 Å². The minimum atomic E-state index is 0.492. The van der Waals surface area contributed by atoms with Crippen LogP contribution < -0.4 is 5.32 Å². The largest absolute Gasteiger partial charge is 0.311 e. The molecular weight excluding hydrogens is 283 g/mol. The lowest BCUT2D eigenvalue weighted by atomic mass is 10.3. The average Bonchev–Trinajstić information content (AvgIpc) is 3.10. The third-order valence-electron chi connectivity index (χ3n) is 3.15. The first-order valence-corrected chi connectivity index (χ1v) is 7.06. The molecule has 1 aromatic heterocycles. The molecule has 100 valence electrons. The summed E-state index contributed by atoms with van der Waals surface area (Å²) in [7, 11) is 0. The number of benzene rings is 1. The van der Waals surface area contributed by atoms with Crippen molar-refractivity contribution in [3.05, 3.63) is 40.1 Å². The van der Waals surface area contributed by atoms with Crippen molar-refractivity contribution >= 4 is 23.2 Å². The van der Waals surface area contributed by atoms with Gasteiger partial charge in [0, 0.05) is 6.54 Å². The van der Waals surface area contributed by atoms with Gasteiger partial charge in [0.25, 0.3) is 0 Å². The zero-order valence-electron chi connectivity index (χ0n) is 10.3. The lowest BCUT2D eigenvalue weighted by Gasteiger charge is -2.04. The molecule has 1 heterocycles. The van der Waals surface area contributed by atoms with Crippen LogP contribution in [-0.4, -0.2) is 21.5 Å². The molecule has 1 aromatic carbocycles. The van der Waals surface area contributed by atoms with E-state index in [2.05, 4.69) is 15.6 Å². The van der Waals surface area contributed by atoms with Crippen molar-refractivity contribution in [2.75, 3.05) is 6.54 Å². The van der Waals surface area contributed by atoms with E-state index in [0.717, 1.165) is 30.4 Å².